The van der Waals surface area contributed by atoms with E-state index in [0.29, 0.717) is 0 Å². The van der Waals surface area contributed by atoms with Crippen molar-refractivity contribution in [1.29, 1.82) is 0 Å². The number of nitrogens with zero attached hydrogens (tertiary/aromatic N) is 3. The third-order valence-corrected chi connectivity index (χ3v) is 6.73. The van der Waals surface area contributed by atoms with Crippen molar-refractivity contribution < 1.29 is 0 Å². The molecule has 0 aliphatic rings. The van der Waals surface area contributed by atoms with Gasteiger partial charge in [0.15, 0.2) is 11.0 Å². The minimum Gasteiger partial charge on any atom is -0.361 e. The number of aromatic amines is 1. The lowest BCUT2D eigenvalue weighted by atomic mass is 10.1. The third kappa shape index (κ3) is 3.96. The minimum atomic E-state index is -0.207. The van der Waals surface area contributed by atoms with Crippen molar-refractivity contribution >= 4 is 33.4 Å². The van der Waals surface area contributed by atoms with Crippen molar-refractivity contribution in [3.8, 4) is 0 Å². The molecule has 0 bridgehead atoms. The first-order valence-electron chi connectivity index (χ1n) is 10.6. The molecule has 0 saturated carbocycles. The van der Waals surface area contributed by atoms with Gasteiger partial charge in [-0.2, -0.15) is 0 Å². The minimum absolute atomic E-state index is 0.207. The zero-order chi connectivity index (χ0) is 21.2. The summed E-state index contributed by atoms with van der Waals surface area (Å²) in [5.74, 6) is 1.69. The van der Waals surface area contributed by atoms with Gasteiger partial charge in [-0.3, -0.25) is 0 Å². The Bertz CT molecular complexity index is 1340. The van der Waals surface area contributed by atoms with Crippen LogP contribution in [0.25, 0.3) is 21.7 Å². The molecule has 5 rings (SSSR count). The van der Waals surface area contributed by atoms with Crippen molar-refractivity contribution in [2.24, 2.45) is 5.73 Å². The van der Waals surface area contributed by atoms with Gasteiger partial charge in [0.05, 0.1) is 6.04 Å². The van der Waals surface area contributed by atoms with Gasteiger partial charge in [0, 0.05) is 29.4 Å². The number of thioether (sulfide) groups is 1. The van der Waals surface area contributed by atoms with E-state index >= 15 is 0 Å². The number of fused-ring (bicyclic) bond motifs is 2. The first kappa shape index (κ1) is 19.8. The van der Waals surface area contributed by atoms with Crippen molar-refractivity contribution in [2.45, 2.75) is 36.8 Å². The van der Waals surface area contributed by atoms with Crippen molar-refractivity contribution in [2.75, 3.05) is 0 Å². The molecule has 6 heteroatoms. The number of hydrogen-bond donors (Lipinski definition) is 2. The molecule has 3 aromatic carbocycles. The van der Waals surface area contributed by atoms with Gasteiger partial charge in [-0.05, 0) is 41.3 Å². The van der Waals surface area contributed by atoms with Gasteiger partial charge in [-0.15, -0.1) is 10.2 Å². The molecule has 1 atom stereocenters. The highest BCUT2D eigenvalue weighted by atomic mass is 32.2. The number of rotatable bonds is 7. The van der Waals surface area contributed by atoms with E-state index in [1.807, 2.05) is 12.3 Å². The van der Waals surface area contributed by atoms with E-state index in [0.717, 1.165) is 35.2 Å². The second kappa shape index (κ2) is 8.57. The molecule has 2 heterocycles. The fourth-order valence-corrected chi connectivity index (χ4v) is 5.04. The lowest BCUT2D eigenvalue weighted by Crippen LogP contribution is -2.19. The highest BCUT2D eigenvalue weighted by molar-refractivity contribution is 7.98. The van der Waals surface area contributed by atoms with Crippen molar-refractivity contribution in [3.05, 3.63) is 89.9 Å². The lowest BCUT2D eigenvalue weighted by Gasteiger charge is -2.13. The Kier molecular flexibility index (Phi) is 5.49. The number of nitrogens with one attached hydrogen (secondary N) is 1. The Balaban J connectivity index is 1.33. The number of benzene rings is 3. The second-order valence-electron chi connectivity index (χ2n) is 7.73. The number of H-pyrrole nitrogens is 1. The van der Waals surface area contributed by atoms with Gasteiger partial charge < -0.3 is 15.3 Å². The maximum atomic E-state index is 6.59. The Morgan fingerprint density at radius 1 is 1.00 bits per heavy atom. The van der Waals surface area contributed by atoms with Crippen LogP contribution in [0.3, 0.4) is 0 Å². The van der Waals surface area contributed by atoms with Crippen LogP contribution in [0.15, 0.2) is 78.1 Å². The maximum Gasteiger partial charge on any atom is 0.191 e. The SMILES string of the molecule is CCn1c(SCc2ccc3ccccc3c2)nnc1C(N)Cc1c[nH]c2ccccc12. The number of aromatic nitrogens is 4. The summed E-state index contributed by atoms with van der Waals surface area (Å²) < 4.78 is 2.14. The molecular weight excluding hydrogens is 402 g/mol. The van der Waals surface area contributed by atoms with Gasteiger partial charge in [-0.25, -0.2) is 0 Å². The van der Waals surface area contributed by atoms with Crippen LogP contribution in [0.1, 0.15) is 29.9 Å². The van der Waals surface area contributed by atoms with Crippen LogP contribution >= 0.6 is 11.8 Å². The average Bonchev–Trinajstić information content (AvgIpc) is 3.41. The summed E-state index contributed by atoms with van der Waals surface area (Å²) in [6.45, 7) is 2.91. The van der Waals surface area contributed by atoms with Gasteiger partial charge in [0.25, 0.3) is 0 Å². The Morgan fingerprint density at radius 3 is 2.68 bits per heavy atom. The first-order valence-corrected chi connectivity index (χ1v) is 11.6. The summed E-state index contributed by atoms with van der Waals surface area (Å²) in [4.78, 5) is 3.33. The molecule has 156 valence electrons. The zero-order valence-corrected chi connectivity index (χ0v) is 18.3. The molecule has 0 fully saturated rings. The summed E-state index contributed by atoms with van der Waals surface area (Å²) in [6, 6.07) is 23.2. The van der Waals surface area contributed by atoms with Gasteiger partial charge in [0.2, 0.25) is 0 Å². The van der Waals surface area contributed by atoms with Gasteiger partial charge in [0.1, 0.15) is 0 Å². The molecule has 5 aromatic rings. The van der Waals surface area contributed by atoms with Crippen LogP contribution in [-0.2, 0) is 18.7 Å². The predicted molar refractivity (Wildman–Crippen MR) is 128 cm³/mol. The van der Waals surface area contributed by atoms with E-state index in [2.05, 4.69) is 87.3 Å². The lowest BCUT2D eigenvalue weighted by molar-refractivity contribution is 0.577. The molecular formula is C25H25N5S. The molecule has 31 heavy (non-hydrogen) atoms. The molecule has 1 unspecified atom stereocenters. The summed E-state index contributed by atoms with van der Waals surface area (Å²) in [5, 5.41) is 13.6. The van der Waals surface area contributed by atoms with Crippen molar-refractivity contribution in [1.82, 2.24) is 19.7 Å². The first-order chi connectivity index (χ1) is 15.2. The molecule has 0 aliphatic carbocycles. The molecule has 0 saturated heterocycles. The normalized spacial score (nSPS) is 12.6. The summed E-state index contributed by atoms with van der Waals surface area (Å²) in [6.07, 6.45) is 2.77. The van der Waals surface area contributed by atoms with Crippen molar-refractivity contribution in [3.63, 3.8) is 0 Å². The average molecular weight is 428 g/mol. The number of nitrogens with two attached hydrogens (primary N) is 1. The standard InChI is InChI=1S/C25H25N5S/c1-2-30-24(22(26)14-20-15-27-23-10-6-5-9-21(20)23)28-29-25(30)31-16-17-11-12-18-7-3-4-8-19(18)13-17/h3-13,15,22,27H,2,14,16,26H2,1H3. The van der Waals surface area contributed by atoms with E-state index in [1.165, 1.54) is 27.3 Å². The third-order valence-electron chi connectivity index (χ3n) is 5.69. The molecule has 0 radical (unpaired) electrons. The van der Waals surface area contributed by atoms with E-state index in [-0.39, 0.29) is 6.04 Å². The zero-order valence-electron chi connectivity index (χ0n) is 17.5. The molecule has 3 N–H and O–H groups in total. The van der Waals surface area contributed by atoms with Crippen LogP contribution in [0.5, 0.6) is 0 Å². The van der Waals surface area contributed by atoms with Crippen LogP contribution in [0, 0.1) is 0 Å². The predicted octanol–water partition coefficient (Wildman–Crippen LogP) is 5.47. The maximum absolute atomic E-state index is 6.59. The molecule has 0 aliphatic heterocycles. The topological polar surface area (TPSA) is 72.5 Å². The van der Waals surface area contributed by atoms with E-state index in [1.54, 1.807) is 11.8 Å². The summed E-state index contributed by atoms with van der Waals surface area (Å²) >= 11 is 1.71. The molecule has 5 nitrogen and oxygen atoms in total. The highest BCUT2D eigenvalue weighted by Gasteiger charge is 2.19. The van der Waals surface area contributed by atoms with Gasteiger partial charge >= 0.3 is 0 Å². The number of para-hydroxylation sites is 1. The Hall–Kier alpha value is -3.09. The second-order valence-corrected chi connectivity index (χ2v) is 8.67. The van der Waals surface area contributed by atoms with Crippen LogP contribution in [0.2, 0.25) is 0 Å². The molecule has 0 spiro atoms. The largest absolute Gasteiger partial charge is 0.361 e. The fraction of sp³-hybridized carbons (Fsp3) is 0.200. The molecule has 0 amide bonds. The fourth-order valence-electron chi connectivity index (χ4n) is 4.08. The monoisotopic (exact) mass is 427 g/mol. The molecule has 2 aromatic heterocycles. The Labute approximate surface area is 185 Å². The smallest absolute Gasteiger partial charge is 0.191 e. The van der Waals surface area contributed by atoms with E-state index in [9.17, 15) is 0 Å². The van der Waals surface area contributed by atoms with Gasteiger partial charge in [-0.1, -0.05) is 72.4 Å². The van der Waals surface area contributed by atoms with E-state index in [4.69, 9.17) is 5.73 Å². The van der Waals surface area contributed by atoms with Crippen LogP contribution in [0.4, 0.5) is 0 Å². The Morgan fingerprint density at radius 2 is 1.81 bits per heavy atom. The number of hydrogen-bond acceptors (Lipinski definition) is 4. The summed E-state index contributed by atoms with van der Waals surface area (Å²) in [7, 11) is 0. The quantitative estimate of drug-likeness (QED) is 0.338. The highest BCUT2D eigenvalue weighted by Crippen LogP contribution is 2.27. The van der Waals surface area contributed by atoms with E-state index < -0.39 is 0 Å². The van der Waals surface area contributed by atoms with Crippen LogP contribution < -0.4 is 5.73 Å². The van der Waals surface area contributed by atoms with Crippen LogP contribution in [-0.4, -0.2) is 19.7 Å². The summed E-state index contributed by atoms with van der Waals surface area (Å²) in [5.41, 5.74) is 10.2.